The number of rotatable bonds is 1. The van der Waals surface area contributed by atoms with Gasteiger partial charge in [0.25, 0.3) is 0 Å². The van der Waals surface area contributed by atoms with E-state index in [0.717, 1.165) is 12.8 Å². The molecule has 2 amide bonds. The lowest BCUT2D eigenvalue weighted by atomic mass is 9.86. The van der Waals surface area contributed by atoms with Crippen molar-refractivity contribution in [2.75, 3.05) is 26.7 Å². The van der Waals surface area contributed by atoms with E-state index < -0.39 is 5.41 Å². The van der Waals surface area contributed by atoms with E-state index in [1.807, 2.05) is 0 Å². The van der Waals surface area contributed by atoms with Gasteiger partial charge in [-0.2, -0.15) is 5.26 Å². The molecule has 0 aromatic rings. The number of amides is 2. The Morgan fingerprint density at radius 2 is 2.00 bits per heavy atom. The average Bonchev–Trinajstić information content (AvgIpc) is 2.81. The smallest absolute Gasteiger partial charge is 0.243 e. The van der Waals surface area contributed by atoms with Gasteiger partial charge in [-0.25, -0.2) is 0 Å². The third kappa shape index (κ3) is 1.99. The highest BCUT2D eigenvalue weighted by Crippen LogP contribution is 2.39. The molecule has 1 saturated carbocycles. The van der Waals surface area contributed by atoms with Crippen LogP contribution in [0.25, 0.3) is 0 Å². The molecule has 1 aliphatic carbocycles. The number of piperazine rings is 1. The standard InChI is InChI=1S/C12H17N3O2/c1-14-6-7-15(8-10(14)16)11(17)12(9-13)4-2-3-5-12/h2-8H2,1H3. The van der Waals surface area contributed by atoms with Gasteiger partial charge in [0, 0.05) is 20.1 Å². The van der Waals surface area contributed by atoms with E-state index in [2.05, 4.69) is 6.07 Å². The zero-order chi connectivity index (χ0) is 12.5. The van der Waals surface area contributed by atoms with Crippen LogP contribution >= 0.6 is 0 Å². The molecule has 0 radical (unpaired) electrons. The van der Waals surface area contributed by atoms with E-state index in [4.69, 9.17) is 0 Å². The molecule has 5 heteroatoms. The fraction of sp³-hybridized carbons (Fsp3) is 0.750. The second-order valence-electron chi connectivity index (χ2n) is 4.94. The second kappa shape index (κ2) is 4.36. The highest BCUT2D eigenvalue weighted by atomic mass is 16.2. The van der Waals surface area contributed by atoms with Crippen molar-refractivity contribution >= 4 is 11.8 Å². The molecule has 5 nitrogen and oxygen atoms in total. The summed E-state index contributed by atoms with van der Waals surface area (Å²) in [5.41, 5.74) is -0.851. The molecular formula is C12H17N3O2. The summed E-state index contributed by atoms with van der Waals surface area (Å²) in [6.45, 7) is 1.23. The fourth-order valence-corrected chi connectivity index (χ4v) is 2.59. The Morgan fingerprint density at radius 1 is 1.35 bits per heavy atom. The number of hydrogen-bond donors (Lipinski definition) is 0. The van der Waals surface area contributed by atoms with Crippen LogP contribution in [-0.4, -0.2) is 48.3 Å². The van der Waals surface area contributed by atoms with Gasteiger partial charge >= 0.3 is 0 Å². The maximum absolute atomic E-state index is 12.3. The topological polar surface area (TPSA) is 64.4 Å². The summed E-state index contributed by atoms with van der Waals surface area (Å²) >= 11 is 0. The number of nitriles is 1. The fourth-order valence-electron chi connectivity index (χ4n) is 2.59. The third-order valence-corrected chi connectivity index (χ3v) is 3.82. The molecule has 0 N–H and O–H groups in total. The van der Waals surface area contributed by atoms with Gasteiger partial charge in [-0.1, -0.05) is 12.8 Å². The van der Waals surface area contributed by atoms with E-state index >= 15 is 0 Å². The SMILES string of the molecule is CN1CCN(C(=O)C2(C#N)CCCC2)CC1=O. The van der Waals surface area contributed by atoms with Crippen LogP contribution in [0.5, 0.6) is 0 Å². The minimum atomic E-state index is -0.851. The number of carbonyl (C=O) groups excluding carboxylic acids is 2. The van der Waals surface area contributed by atoms with Crippen LogP contribution in [0.2, 0.25) is 0 Å². The van der Waals surface area contributed by atoms with Crippen molar-refractivity contribution in [3.8, 4) is 6.07 Å². The normalized spacial score (nSPS) is 23.6. The lowest BCUT2D eigenvalue weighted by molar-refractivity contribution is -0.148. The molecule has 1 aliphatic heterocycles. The zero-order valence-electron chi connectivity index (χ0n) is 10.1. The summed E-state index contributed by atoms with van der Waals surface area (Å²) in [6, 6.07) is 2.18. The molecule has 1 heterocycles. The van der Waals surface area contributed by atoms with Gasteiger partial charge in [-0.3, -0.25) is 9.59 Å². The Kier molecular flexibility index (Phi) is 3.05. The van der Waals surface area contributed by atoms with Gasteiger partial charge < -0.3 is 9.80 Å². The zero-order valence-corrected chi connectivity index (χ0v) is 10.1. The Hall–Kier alpha value is -1.57. The maximum Gasteiger partial charge on any atom is 0.243 e. The highest BCUT2D eigenvalue weighted by Gasteiger charge is 2.45. The van der Waals surface area contributed by atoms with Crippen molar-refractivity contribution in [2.24, 2.45) is 5.41 Å². The van der Waals surface area contributed by atoms with E-state index in [1.165, 1.54) is 0 Å². The summed E-state index contributed by atoms with van der Waals surface area (Å²) in [7, 11) is 1.74. The quantitative estimate of drug-likeness (QED) is 0.659. The van der Waals surface area contributed by atoms with Gasteiger partial charge in [-0.15, -0.1) is 0 Å². The van der Waals surface area contributed by atoms with Crippen LogP contribution < -0.4 is 0 Å². The average molecular weight is 235 g/mol. The Labute approximate surface area is 101 Å². The van der Waals surface area contributed by atoms with Crippen LogP contribution in [0.1, 0.15) is 25.7 Å². The Balaban J connectivity index is 2.10. The summed E-state index contributed by atoms with van der Waals surface area (Å²) in [4.78, 5) is 27.1. The van der Waals surface area contributed by atoms with Crippen molar-refractivity contribution in [3.05, 3.63) is 0 Å². The molecule has 2 aliphatic rings. The van der Waals surface area contributed by atoms with Gasteiger partial charge in [0.15, 0.2) is 0 Å². The predicted molar refractivity (Wildman–Crippen MR) is 60.7 cm³/mol. The Morgan fingerprint density at radius 3 is 2.53 bits per heavy atom. The van der Waals surface area contributed by atoms with E-state index in [-0.39, 0.29) is 18.4 Å². The van der Waals surface area contributed by atoms with E-state index in [0.29, 0.717) is 25.9 Å². The first-order chi connectivity index (χ1) is 8.09. The second-order valence-corrected chi connectivity index (χ2v) is 4.94. The van der Waals surface area contributed by atoms with Gasteiger partial charge in [0.1, 0.15) is 5.41 Å². The minimum Gasteiger partial charge on any atom is -0.342 e. The number of hydrogen-bond acceptors (Lipinski definition) is 3. The molecule has 1 saturated heterocycles. The molecule has 2 fully saturated rings. The lowest BCUT2D eigenvalue weighted by Gasteiger charge is -2.35. The van der Waals surface area contributed by atoms with Crippen LogP contribution in [0.15, 0.2) is 0 Å². The minimum absolute atomic E-state index is 0.0457. The molecule has 92 valence electrons. The first kappa shape index (κ1) is 11.9. The van der Waals surface area contributed by atoms with Gasteiger partial charge in [0.2, 0.25) is 11.8 Å². The largest absolute Gasteiger partial charge is 0.342 e. The van der Waals surface area contributed by atoms with E-state index in [9.17, 15) is 14.9 Å². The third-order valence-electron chi connectivity index (χ3n) is 3.82. The van der Waals surface area contributed by atoms with Gasteiger partial charge in [-0.05, 0) is 12.8 Å². The van der Waals surface area contributed by atoms with Crippen LogP contribution in [-0.2, 0) is 9.59 Å². The van der Waals surface area contributed by atoms with Crippen molar-refractivity contribution in [2.45, 2.75) is 25.7 Å². The van der Waals surface area contributed by atoms with E-state index in [1.54, 1.807) is 16.8 Å². The number of likely N-dealkylation sites (N-methyl/N-ethyl adjacent to an activating group) is 1. The van der Waals surface area contributed by atoms with Crippen molar-refractivity contribution in [1.82, 2.24) is 9.80 Å². The molecule has 0 unspecified atom stereocenters. The number of carbonyl (C=O) groups is 2. The summed E-state index contributed by atoms with van der Waals surface area (Å²) in [5.74, 6) is -0.186. The monoisotopic (exact) mass is 235 g/mol. The summed E-state index contributed by atoms with van der Waals surface area (Å²) < 4.78 is 0. The molecule has 0 atom stereocenters. The molecular weight excluding hydrogens is 218 g/mol. The predicted octanol–water partition coefficient (Wildman–Crippen LogP) is 0.371. The van der Waals surface area contributed by atoms with Gasteiger partial charge in [0.05, 0.1) is 12.6 Å². The molecule has 17 heavy (non-hydrogen) atoms. The van der Waals surface area contributed by atoms with Crippen molar-refractivity contribution in [1.29, 1.82) is 5.26 Å². The molecule has 2 rings (SSSR count). The van der Waals surface area contributed by atoms with Crippen molar-refractivity contribution < 1.29 is 9.59 Å². The lowest BCUT2D eigenvalue weighted by Crippen LogP contribution is -2.54. The molecule has 0 aromatic carbocycles. The van der Waals surface area contributed by atoms with Crippen LogP contribution in [0, 0.1) is 16.7 Å². The number of nitrogens with zero attached hydrogens (tertiary/aromatic N) is 3. The van der Waals surface area contributed by atoms with Crippen LogP contribution in [0.4, 0.5) is 0 Å². The van der Waals surface area contributed by atoms with Crippen molar-refractivity contribution in [3.63, 3.8) is 0 Å². The van der Waals surface area contributed by atoms with Crippen LogP contribution in [0.3, 0.4) is 0 Å². The summed E-state index contributed by atoms with van der Waals surface area (Å²) in [6.07, 6.45) is 3.15. The molecule has 0 aromatic heterocycles. The first-order valence-electron chi connectivity index (χ1n) is 6.04. The highest BCUT2D eigenvalue weighted by molar-refractivity contribution is 5.90. The Bertz CT molecular complexity index is 380. The maximum atomic E-state index is 12.3. The summed E-state index contributed by atoms with van der Waals surface area (Å²) in [5, 5.41) is 9.24. The molecule has 0 spiro atoms. The first-order valence-corrected chi connectivity index (χ1v) is 6.04. The molecule has 0 bridgehead atoms.